The Balaban J connectivity index is 1.91. The lowest BCUT2D eigenvalue weighted by Gasteiger charge is -2.15. The van der Waals surface area contributed by atoms with E-state index in [-0.39, 0.29) is 12.5 Å². The van der Waals surface area contributed by atoms with Gasteiger partial charge in [0.2, 0.25) is 0 Å². The number of nitrogens with one attached hydrogen (secondary N) is 1. The third kappa shape index (κ3) is 3.59. The fourth-order valence-corrected chi connectivity index (χ4v) is 2.44. The summed E-state index contributed by atoms with van der Waals surface area (Å²) in [5.74, 6) is -0.149. The maximum atomic E-state index is 11.8. The molecule has 0 fully saturated rings. The molecule has 106 valence electrons. The van der Waals surface area contributed by atoms with Crippen LogP contribution < -0.4 is 10.2 Å². The highest BCUT2D eigenvalue weighted by molar-refractivity contribution is 7.12. The largest absolute Gasteiger partial charge is 0.387 e. The molecule has 0 aliphatic carbocycles. The zero-order valence-electron chi connectivity index (χ0n) is 11.5. The molecule has 0 bridgehead atoms. The lowest BCUT2D eigenvalue weighted by Crippen LogP contribution is -2.27. The van der Waals surface area contributed by atoms with Gasteiger partial charge in [0.15, 0.2) is 0 Å². The van der Waals surface area contributed by atoms with Gasteiger partial charge in [-0.2, -0.15) is 0 Å². The van der Waals surface area contributed by atoms with E-state index in [2.05, 4.69) is 5.32 Å². The molecular weight excluding hydrogens is 272 g/mol. The lowest BCUT2D eigenvalue weighted by molar-refractivity contribution is 0.0920. The molecule has 20 heavy (non-hydrogen) atoms. The summed E-state index contributed by atoms with van der Waals surface area (Å²) in [5.41, 5.74) is 1.87. The van der Waals surface area contributed by atoms with Crippen molar-refractivity contribution in [1.82, 2.24) is 5.32 Å². The molecule has 5 heteroatoms. The van der Waals surface area contributed by atoms with Crippen LogP contribution in [0.4, 0.5) is 5.69 Å². The number of hydrogen-bond donors (Lipinski definition) is 2. The molecule has 0 aliphatic heterocycles. The van der Waals surface area contributed by atoms with E-state index < -0.39 is 6.10 Å². The number of nitrogens with zero attached hydrogens (tertiary/aromatic N) is 1. The standard InChI is InChI=1S/C15H18N2O2S/c1-17(2)12-7-5-11(6-8-12)13(18)10-16-15(19)14-4-3-9-20-14/h3-9,13,18H,10H2,1-2H3,(H,16,19)/t13-/m1/s1. The number of carbonyl (C=O) groups is 1. The van der Waals surface area contributed by atoms with E-state index in [4.69, 9.17) is 0 Å². The van der Waals surface area contributed by atoms with Gasteiger partial charge in [-0.3, -0.25) is 4.79 Å². The summed E-state index contributed by atoms with van der Waals surface area (Å²) in [6, 6.07) is 11.2. The SMILES string of the molecule is CN(C)c1ccc([C@H](O)CNC(=O)c2cccs2)cc1. The Morgan fingerprint density at radius 2 is 2.00 bits per heavy atom. The van der Waals surface area contributed by atoms with Crippen LogP contribution in [0.1, 0.15) is 21.3 Å². The Morgan fingerprint density at radius 3 is 2.55 bits per heavy atom. The van der Waals surface area contributed by atoms with Crippen molar-refractivity contribution in [3.8, 4) is 0 Å². The summed E-state index contributed by atoms with van der Waals surface area (Å²) in [4.78, 5) is 14.4. The second-order valence-electron chi connectivity index (χ2n) is 4.69. The number of anilines is 1. The number of carbonyl (C=O) groups excluding carboxylic acids is 1. The van der Waals surface area contributed by atoms with Gasteiger partial charge in [0.25, 0.3) is 5.91 Å². The van der Waals surface area contributed by atoms with Crippen molar-refractivity contribution in [3.63, 3.8) is 0 Å². The zero-order valence-corrected chi connectivity index (χ0v) is 12.4. The zero-order chi connectivity index (χ0) is 14.5. The molecule has 4 nitrogen and oxygen atoms in total. The van der Waals surface area contributed by atoms with Gasteiger partial charge in [-0.05, 0) is 29.1 Å². The van der Waals surface area contributed by atoms with Gasteiger partial charge in [-0.15, -0.1) is 11.3 Å². The summed E-state index contributed by atoms with van der Waals surface area (Å²) < 4.78 is 0. The van der Waals surface area contributed by atoms with Gasteiger partial charge in [0.1, 0.15) is 0 Å². The molecule has 0 spiro atoms. The Morgan fingerprint density at radius 1 is 1.30 bits per heavy atom. The molecule has 1 aromatic carbocycles. The summed E-state index contributed by atoms with van der Waals surface area (Å²) in [6.07, 6.45) is -0.699. The first-order valence-electron chi connectivity index (χ1n) is 6.35. The van der Waals surface area contributed by atoms with Crippen LogP contribution in [0.15, 0.2) is 41.8 Å². The third-order valence-corrected chi connectivity index (χ3v) is 3.86. The van der Waals surface area contributed by atoms with Crippen molar-refractivity contribution in [2.24, 2.45) is 0 Å². The maximum Gasteiger partial charge on any atom is 0.261 e. The van der Waals surface area contributed by atoms with Crippen molar-refractivity contribution >= 4 is 22.9 Å². The van der Waals surface area contributed by atoms with E-state index in [1.807, 2.05) is 54.7 Å². The molecule has 1 atom stereocenters. The second-order valence-corrected chi connectivity index (χ2v) is 5.64. The Hall–Kier alpha value is -1.85. The number of aliphatic hydroxyl groups is 1. The highest BCUT2D eigenvalue weighted by atomic mass is 32.1. The minimum atomic E-state index is -0.699. The molecule has 0 aliphatic rings. The second kappa shape index (κ2) is 6.54. The van der Waals surface area contributed by atoms with Crippen LogP contribution in [0.5, 0.6) is 0 Å². The molecule has 0 radical (unpaired) electrons. The minimum Gasteiger partial charge on any atom is -0.387 e. The molecular formula is C15H18N2O2S. The molecule has 1 amide bonds. The van der Waals surface area contributed by atoms with Crippen molar-refractivity contribution in [2.75, 3.05) is 25.5 Å². The van der Waals surface area contributed by atoms with Gasteiger partial charge in [-0.1, -0.05) is 18.2 Å². The topological polar surface area (TPSA) is 52.6 Å². The van der Waals surface area contributed by atoms with E-state index in [1.54, 1.807) is 6.07 Å². The molecule has 1 heterocycles. The van der Waals surface area contributed by atoms with E-state index in [0.29, 0.717) is 4.88 Å². The average molecular weight is 290 g/mol. The van der Waals surface area contributed by atoms with Crippen LogP contribution >= 0.6 is 11.3 Å². The van der Waals surface area contributed by atoms with Crippen molar-refractivity contribution in [2.45, 2.75) is 6.10 Å². The quantitative estimate of drug-likeness (QED) is 0.888. The monoisotopic (exact) mass is 290 g/mol. The lowest BCUT2D eigenvalue weighted by atomic mass is 10.1. The predicted molar refractivity (Wildman–Crippen MR) is 82.4 cm³/mol. The summed E-state index contributed by atoms with van der Waals surface area (Å²) >= 11 is 1.38. The maximum absolute atomic E-state index is 11.8. The smallest absolute Gasteiger partial charge is 0.261 e. The van der Waals surface area contributed by atoms with Crippen LogP contribution in [0.25, 0.3) is 0 Å². The first kappa shape index (κ1) is 14.6. The van der Waals surface area contributed by atoms with Gasteiger partial charge >= 0.3 is 0 Å². The van der Waals surface area contributed by atoms with Crippen molar-refractivity contribution in [3.05, 3.63) is 52.2 Å². The number of amides is 1. The first-order chi connectivity index (χ1) is 9.58. The molecule has 2 aromatic rings. The van der Waals surface area contributed by atoms with Crippen LogP contribution in [-0.2, 0) is 0 Å². The van der Waals surface area contributed by atoms with E-state index in [1.165, 1.54) is 11.3 Å². The van der Waals surface area contributed by atoms with Crippen molar-refractivity contribution < 1.29 is 9.90 Å². The van der Waals surface area contributed by atoms with E-state index in [0.717, 1.165) is 11.3 Å². The van der Waals surface area contributed by atoms with Gasteiger partial charge in [0, 0.05) is 26.3 Å². The van der Waals surface area contributed by atoms with Crippen LogP contribution in [0, 0.1) is 0 Å². The molecule has 2 N–H and O–H groups in total. The Bertz CT molecular complexity index is 550. The van der Waals surface area contributed by atoms with Crippen LogP contribution in [0.2, 0.25) is 0 Å². The van der Waals surface area contributed by atoms with Crippen LogP contribution in [-0.4, -0.2) is 31.7 Å². The highest BCUT2D eigenvalue weighted by Crippen LogP contribution is 2.17. The number of thiophene rings is 1. The highest BCUT2D eigenvalue weighted by Gasteiger charge is 2.11. The van der Waals surface area contributed by atoms with E-state index >= 15 is 0 Å². The minimum absolute atomic E-state index is 0.149. The Kier molecular flexibility index (Phi) is 4.76. The summed E-state index contributed by atoms with van der Waals surface area (Å²) in [5, 5.41) is 14.7. The van der Waals surface area contributed by atoms with Gasteiger partial charge in [-0.25, -0.2) is 0 Å². The average Bonchev–Trinajstić information content (AvgIpc) is 2.98. The molecule has 2 rings (SSSR count). The fourth-order valence-electron chi connectivity index (χ4n) is 1.80. The number of hydrogen-bond acceptors (Lipinski definition) is 4. The van der Waals surface area contributed by atoms with Crippen LogP contribution in [0.3, 0.4) is 0 Å². The first-order valence-corrected chi connectivity index (χ1v) is 7.23. The molecule has 0 saturated heterocycles. The molecule has 1 aromatic heterocycles. The van der Waals surface area contributed by atoms with E-state index in [9.17, 15) is 9.90 Å². The number of benzene rings is 1. The molecule has 0 unspecified atom stereocenters. The summed E-state index contributed by atoms with van der Waals surface area (Å²) in [6.45, 7) is 0.206. The normalized spacial score (nSPS) is 11.9. The third-order valence-electron chi connectivity index (χ3n) is 3.00. The van der Waals surface area contributed by atoms with Crippen molar-refractivity contribution in [1.29, 1.82) is 0 Å². The number of aliphatic hydroxyl groups excluding tert-OH is 1. The number of rotatable bonds is 5. The fraction of sp³-hybridized carbons (Fsp3) is 0.267. The van der Waals surface area contributed by atoms with Gasteiger partial charge in [0.05, 0.1) is 11.0 Å². The predicted octanol–water partition coefficient (Wildman–Crippen LogP) is 2.28. The Labute approximate surface area is 122 Å². The summed E-state index contributed by atoms with van der Waals surface area (Å²) in [7, 11) is 3.93. The molecule has 0 saturated carbocycles. The van der Waals surface area contributed by atoms with Gasteiger partial charge < -0.3 is 15.3 Å².